The molecule has 1 aliphatic rings. The molecule has 5 rings (SSSR count). The first-order valence-corrected chi connectivity index (χ1v) is 12.4. The third-order valence-corrected chi connectivity index (χ3v) is 7.24. The Morgan fingerprint density at radius 3 is 2.51 bits per heavy atom. The third kappa shape index (κ3) is 4.17. The molecule has 0 bridgehead atoms. The lowest BCUT2D eigenvalue weighted by molar-refractivity contribution is 0.472. The number of hydrogen-bond acceptors (Lipinski definition) is 3. The van der Waals surface area contributed by atoms with E-state index in [-0.39, 0.29) is 17.8 Å². The van der Waals surface area contributed by atoms with Crippen LogP contribution in [0.5, 0.6) is 5.75 Å². The Hall–Kier alpha value is -3.35. The maximum Gasteiger partial charge on any atom is 0.174 e. The monoisotopic (exact) mass is 502 g/mol. The molecule has 0 radical (unpaired) electrons. The molecule has 35 heavy (non-hydrogen) atoms. The van der Waals surface area contributed by atoms with Gasteiger partial charge in [0.25, 0.3) is 0 Å². The zero-order valence-electron chi connectivity index (χ0n) is 19.9. The van der Waals surface area contributed by atoms with E-state index in [0.717, 1.165) is 34.8 Å². The summed E-state index contributed by atoms with van der Waals surface area (Å²) in [6.07, 6.45) is 2.79. The lowest BCUT2D eigenvalue weighted by Gasteiger charge is -2.28. The number of phenols is 1. The molecule has 1 aliphatic heterocycles. The topological polar surface area (TPSA) is 53.3 Å². The smallest absolute Gasteiger partial charge is 0.174 e. The second-order valence-electron chi connectivity index (χ2n) is 8.81. The number of anilines is 1. The molecule has 0 spiro atoms. The van der Waals surface area contributed by atoms with Crippen molar-refractivity contribution in [3.63, 3.8) is 0 Å². The minimum absolute atomic E-state index is 0.120. The van der Waals surface area contributed by atoms with Gasteiger partial charge < -0.3 is 19.9 Å². The standard InChI is InChI=1S/C28H27ClN4OS/c1-4-19-8-11-21(12-9-19)32-17(2)15-22(18(32)3)27-26(23-7-5-6-14-30-23)31-28(35)33(27)24-16-20(29)10-13-25(24)34/h5-16,26-27,34H,4H2,1-3H3,(H,31,35). The highest BCUT2D eigenvalue weighted by Gasteiger charge is 2.43. The van der Waals surface area contributed by atoms with Gasteiger partial charge in [-0.2, -0.15) is 0 Å². The highest BCUT2D eigenvalue weighted by molar-refractivity contribution is 7.80. The van der Waals surface area contributed by atoms with Gasteiger partial charge in [0.15, 0.2) is 5.11 Å². The molecule has 2 atom stereocenters. The van der Waals surface area contributed by atoms with Crippen molar-refractivity contribution in [2.75, 3.05) is 4.90 Å². The molecule has 3 heterocycles. The van der Waals surface area contributed by atoms with Crippen molar-refractivity contribution < 1.29 is 5.11 Å². The summed E-state index contributed by atoms with van der Waals surface area (Å²) in [7, 11) is 0. The Morgan fingerprint density at radius 2 is 1.83 bits per heavy atom. The fourth-order valence-corrected chi connectivity index (χ4v) is 5.49. The van der Waals surface area contributed by atoms with Crippen LogP contribution in [0.3, 0.4) is 0 Å². The van der Waals surface area contributed by atoms with E-state index in [9.17, 15) is 5.11 Å². The molecule has 2 aromatic carbocycles. The Morgan fingerprint density at radius 1 is 1.06 bits per heavy atom. The number of aromatic hydroxyl groups is 1. The van der Waals surface area contributed by atoms with Gasteiger partial charge in [0.05, 0.1) is 23.5 Å². The molecule has 0 aliphatic carbocycles. The summed E-state index contributed by atoms with van der Waals surface area (Å²) in [4.78, 5) is 6.59. The van der Waals surface area contributed by atoms with Crippen LogP contribution < -0.4 is 10.2 Å². The number of benzene rings is 2. The van der Waals surface area contributed by atoms with Crippen LogP contribution in [-0.4, -0.2) is 19.8 Å². The van der Waals surface area contributed by atoms with Gasteiger partial charge in [-0.25, -0.2) is 0 Å². The molecule has 2 aromatic heterocycles. The van der Waals surface area contributed by atoms with Gasteiger partial charge in [0.2, 0.25) is 0 Å². The molecule has 1 fully saturated rings. The zero-order chi connectivity index (χ0) is 24.7. The molecule has 7 heteroatoms. The van der Waals surface area contributed by atoms with E-state index in [0.29, 0.717) is 15.8 Å². The summed E-state index contributed by atoms with van der Waals surface area (Å²) in [6.45, 7) is 6.40. The van der Waals surface area contributed by atoms with Gasteiger partial charge in [-0.3, -0.25) is 4.98 Å². The first kappa shape index (κ1) is 23.4. The summed E-state index contributed by atoms with van der Waals surface area (Å²) in [6, 6.07) is 21.3. The molecule has 2 unspecified atom stereocenters. The Kier molecular flexibility index (Phi) is 6.26. The lowest BCUT2D eigenvalue weighted by atomic mass is 9.96. The van der Waals surface area contributed by atoms with Crippen molar-refractivity contribution in [2.45, 2.75) is 39.3 Å². The summed E-state index contributed by atoms with van der Waals surface area (Å²) in [5.74, 6) is 0.120. The van der Waals surface area contributed by atoms with Crippen molar-refractivity contribution in [1.82, 2.24) is 14.9 Å². The number of aromatic nitrogens is 2. The summed E-state index contributed by atoms with van der Waals surface area (Å²) >= 11 is 12.1. The molecular weight excluding hydrogens is 476 g/mol. The Balaban J connectivity index is 1.68. The van der Waals surface area contributed by atoms with Crippen LogP contribution in [0.2, 0.25) is 5.02 Å². The minimum atomic E-state index is -0.239. The van der Waals surface area contributed by atoms with E-state index in [1.54, 1.807) is 24.4 Å². The fraction of sp³-hybridized carbons (Fsp3) is 0.214. The van der Waals surface area contributed by atoms with Crippen LogP contribution >= 0.6 is 23.8 Å². The Bertz CT molecular complexity index is 1380. The van der Waals surface area contributed by atoms with Crippen LogP contribution in [0.15, 0.2) is 72.9 Å². The average Bonchev–Trinajstić information content (AvgIpc) is 3.36. The number of phenolic OH excluding ortho intramolecular Hbond substituents is 1. The zero-order valence-corrected chi connectivity index (χ0v) is 21.4. The number of aryl methyl sites for hydroxylation is 2. The van der Waals surface area contributed by atoms with Gasteiger partial charge in [-0.05, 0) is 92.1 Å². The van der Waals surface area contributed by atoms with Crippen LogP contribution in [0, 0.1) is 13.8 Å². The van der Waals surface area contributed by atoms with E-state index >= 15 is 0 Å². The molecule has 1 saturated heterocycles. The maximum atomic E-state index is 10.8. The van der Waals surface area contributed by atoms with Gasteiger partial charge in [-0.1, -0.05) is 36.7 Å². The van der Waals surface area contributed by atoms with Crippen LogP contribution in [0.1, 0.15) is 47.2 Å². The SMILES string of the molecule is CCc1ccc(-n2c(C)cc(C3C(c4ccccn4)NC(=S)N3c3cc(Cl)ccc3O)c2C)cc1. The number of pyridine rings is 1. The highest BCUT2D eigenvalue weighted by atomic mass is 35.5. The predicted molar refractivity (Wildman–Crippen MR) is 146 cm³/mol. The van der Waals surface area contributed by atoms with Crippen LogP contribution in [0.4, 0.5) is 5.69 Å². The summed E-state index contributed by atoms with van der Waals surface area (Å²) in [5, 5.41) is 15.3. The van der Waals surface area contributed by atoms with Crippen molar-refractivity contribution in [1.29, 1.82) is 0 Å². The second kappa shape index (κ2) is 9.36. The van der Waals surface area contributed by atoms with Gasteiger partial charge in [-0.15, -0.1) is 0 Å². The number of halogens is 1. The first-order chi connectivity index (χ1) is 16.9. The first-order valence-electron chi connectivity index (χ1n) is 11.7. The molecule has 4 aromatic rings. The molecular formula is C28H27ClN4OS. The number of hydrogen-bond donors (Lipinski definition) is 2. The third-order valence-electron chi connectivity index (χ3n) is 6.69. The van der Waals surface area contributed by atoms with E-state index in [1.807, 2.05) is 23.1 Å². The van der Waals surface area contributed by atoms with Crippen molar-refractivity contribution >= 4 is 34.6 Å². The lowest BCUT2D eigenvalue weighted by Crippen LogP contribution is -2.29. The number of nitrogens with one attached hydrogen (secondary N) is 1. The molecule has 2 N–H and O–H groups in total. The van der Waals surface area contributed by atoms with Crippen molar-refractivity contribution in [3.8, 4) is 11.4 Å². The Labute approximate surface area is 216 Å². The summed E-state index contributed by atoms with van der Waals surface area (Å²) < 4.78 is 2.27. The number of rotatable bonds is 5. The number of nitrogens with zero attached hydrogens (tertiary/aromatic N) is 3. The van der Waals surface area contributed by atoms with E-state index in [4.69, 9.17) is 23.8 Å². The van der Waals surface area contributed by atoms with Crippen LogP contribution in [0.25, 0.3) is 5.69 Å². The van der Waals surface area contributed by atoms with E-state index in [1.165, 1.54) is 5.56 Å². The van der Waals surface area contributed by atoms with E-state index < -0.39 is 0 Å². The van der Waals surface area contributed by atoms with Gasteiger partial charge in [0.1, 0.15) is 5.75 Å². The fourth-order valence-electron chi connectivity index (χ4n) is 4.99. The normalized spacial score (nSPS) is 17.6. The van der Waals surface area contributed by atoms with Gasteiger partial charge >= 0.3 is 0 Å². The molecule has 0 saturated carbocycles. The van der Waals surface area contributed by atoms with Crippen molar-refractivity contribution in [3.05, 3.63) is 106 Å². The quantitative estimate of drug-likeness (QED) is 0.301. The van der Waals surface area contributed by atoms with Gasteiger partial charge in [0, 0.05) is 28.3 Å². The highest BCUT2D eigenvalue weighted by Crippen LogP contribution is 2.46. The number of thiocarbonyl (C=S) groups is 1. The van der Waals surface area contributed by atoms with E-state index in [2.05, 4.69) is 66.0 Å². The maximum absolute atomic E-state index is 10.8. The molecule has 0 amide bonds. The molecule has 5 nitrogen and oxygen atoms in total. The summed E-state index contributed by atoms with van der Waals surface area (Å²) in [5.41, 5.74) is 7.19. The van der Waals surface area contributed by atoms with Crippen LogP contribution in [-0.2, 0) is 6.42 Å². The average molecular weight is 503 g/mol. The largest absolute Gasteiger partial charge is 0.506 e. The van der Waals surface area contributed by atoms with Crippen molar-refractivity contribution in [2.24, 2.45) is 0 Å². The second-order valence-corrected chi connectivity index (χ2v) is 9.63. The predicted octanol–water partition coefficient (Wildman–Crippen LogP) is 6.59. The minimum Gasteiger partial charge on any atom is -0.506 e. The molecule has 178 valence electrons.